The molecular formula is C15H16N4O2. The number of carbonyl (C=O) groups excluding carboxylic acids is 1. The molecular weight excluding hydrogens is 268 g/mol. The van der Waals surface area contributed by atoms with Crippen LogP contribution in [0, 0.1) is 0 Å². The molecule has 0 radical (unpaired) electrons. The molecule has 1 aromatic carbocycles. The second kappa shape index (κ2) is 5.40. The third-order valence-electron chi connectivity index (χ3n) is 3.52. The van der Waals surface area contributed by atoms with Gasteiger partial charge in [-0.05, 0) is 37.1 Å². The smallest absolute Gasteiger partial charge is 0.412 e. The van der Waals surface area contributed by atoms with Crippen LogP contribution in [0.3, 0.4) is 0 Å². The molecule has 0 spiro atoms. The Morgan fingerprint density at radius 1 is 1.29 bits per heavy atom. The van der Waals surface area contributed by atoms with Gasteiger partial charge in [-0.2, -0.15) is 0 Å². The fourth-order valence-electron chi connectivity index (χ4n) is 2.59. The number of anilines is 3. The van der Waals surface area contributed by atoms with Gasteiger partial charge in [0.2, 0.25) is 0 Å². The largest absolute Gasteiger partial charge is 0.453 e. The molecule has 1 unspecified atom stereocenters. The highest BCUT2D eigenvalue weighted by atomic mass is 16.5. The quantitative estimate of drug-likeness (QED) is 0.918. The number of hydrogen-bond acceptors (Lipinski definition) is 5. The van der Waals surface area contributed by atoms with Crippen molar-refractivity contribution in [2.24, 2.45) is 0 Å². The SMILES string of the molecule is COC(=O)Nc1ccc(N2c3ccccc3CC2C)nn1. The zero-order valence-corrected chi connectivity index (χ0v) is 11.9. The number of hydrogen-bond donors (Lipinski definition) is 1. The molecule has 0 fully saturated rings. The van der Waals surface area contributed by atoms with E-state index in [9.17, 15) is 4.79 Å². The van der Waals surface area contributed by atoms with Gasteiger partial charge < -0.3 is 9.64 Å². The van der Waals surface area contributed by atoms with Crippen LogP contribution in [0.15, 0.2) is 36.4 Å². The van der Waals surface area contributed by atoms with Crippen molar-refractivity contribution in [2.45, 2.75) is 19.4 Å². The molecule has 1 N–H and O–H groups in total. The molecule has 1 aliphatic heterocycles. The third-order valence-corrected chi connectivity index (χ3v) is 3.52. The minimum Gasteiger partial charge on any atom is -0.453 e. The Balaban J connectivity index is 1.86. The summed E-state index contributed by atoms with van der Waals surface area (Å²) in [6, 6.07) is 12.2. The first-order valence-corrected chi connectivity index (χ1v) is 6.75. The van der Waals surface area contributed by atoms with Gasteiger partial charge in [0.15, 0.2) is 11.6 Å². The van der Waals surface area contributed by atoms with Crippen LogP contribution < -0.4 is 10.2 Å². The molecule has 1 aliphatic rings. The summed E-state index contributed by atoms with van der Waals surface area (Å²) < 4.78 is 4.52. The van der Waals surface area contributed by atoms with Gasteiger partial charge in [0.1, 0.15) is 0 Å². The maximum atomic E-state index is 11.1. The van der Waals surface area contributed by atoms with Crippen LogP contribution in [-0.2, 0) is 11.2 Å². The molecule has 1 atom stereocenters. The van der Waals surface area contributed by atoms with Crippen LogP contribution in [0.4, 0.5) is 22.1 Å². The van der Waals surface area contributed by atoms with Crippen LogP contribution in [0.1, 0.15) is 12.5 Å². The number of fused-ring (bicyclic) bond motifs is 1. The van der Waals surface area contributed by atoms with Crippen molar-refractivity contribution in [1.29, 1.82) is 0 Å². The molecule has 0 aliphatic carbocycles. The monoisotopic (exact) mass is 284 g/mol. The lowest BCUT2D eigenvalue weighted by atomic mass is 10.1. The van der Waals surface area contributed by atoms with E-state index in [0.717, 1.165) is 17.9 Å². The summed E-state index contributed by atoms with van der Waals surface area (Å²) >= 11 is 0. The topological polar surface area (TPSA) is 67.3 Å². The zero-order valence-electron chi connectivity index (χ0n) is 11.9. The summed E-state index contributed by atoms with van der Waals surface area (Å²) in [6.45, 7) is 2.16. The van der Waals surface area contributed by atoms with E-state index in [-0.39, 0.29) is 0 Å². The van der Waals surface area contributed by atoms with Crippen molar-refractivity contribution in [2.75, 3.05) is 17.3 Å². The number of amides is 1. The Hall–Kier alpha value is -2.63. The van der Waals surface area contributed by atoms with Gasteiger partial charge in [0, 0.05) is 11.7 Å². The molecule has 0 saturated carbocycles. The number of methoxy groups -OCH3 is 1. The predicted octanol–water partition coefficient (Wildman–Crippen LogP) is 2.74. The number of rotatable bonds is 2. The van der Waals surface area contributed by atoms with Crippen LogP contribution >= 0.6 is 0 Å². The van der Waals surface area contributed by atoms with E-state index < -0.39 is 6.09 Å². The summed E-state index contributed by atoms with van der Waals surface area (Å²) in [6.07, 6.45) is 0.428. The highest BCUT2D eigenvalue weighted by Gasteiger charge is 2.27. The lowest BCUT2D eigenvalue weighted by Gasteiger charge is -2.23. The molecule has 1 aromatic heterocycles. The van der Waals surface area contributed by atoms with Gasteiger partial charge in [0.25, 0.3) is 0 Å². The zero-order chi connectivity index (χ0) is 14.8. The van der Waals surface area contributed by atoms with Crippen molar-refractivity contribution in [3.05, 3.63) is 42.0 Å². The van der Waals surface area contributed by atoms with Crippen LogP contribution in [-0.4, -0.2) is 29.4 Å². The van der Waals surface area contributed by atoms with Crippen molar-refractivity contribution < 1.29 is 9.53 Å². The minimum absolute atomic E-state index is 0.330. The van der Waals surface area contributed by atoms with E-state index in [0.29, 0.717) is 11.9 Å². The summed E-state index contributed by atoms with van der Waals surface area (Å²) in [5, 5.41) is 10.7. The molecule has 2 heterocycles. The van der Waals surface area contributed by atoms with E-state index >= 15 is 0 Å². The van der Waals surface area contributed by atoms with Crippen LogP contribution in [0.2, 0.25) is 0 Å². The third kappa shape index (κ3) is 2.52. The number of benzene rings is 1. The second-order valence-corrected chi connectivity index (χ2v) is 4.95. The average molecular weight is 284 g/mol. The first kappa shape index (κ1) is 13.4. The van der Waals surface area contributed by atoms with E-state index in [4.69, 9.17) is 0 Å². The molecule has 3 rings (SSSR count). The first-order chi connectivity index (χ1) is 10.2. The summed E-state index contributed by atoms with van der Waals surface area (Å²) in [5.41, 5.74) is 2.47. The Bertz CT molecular complexity index is 657. The van der Waals surface area contributed by atoms with Gasteiger partial charge in [-0.3, -0.25) is 5.32 Å². The number of nitrogens with one attached hydrogen (secondary N) is 1. The summed E-state index contributed by atoms with van der Waals surface area (Å²) in [5.74, 6) is 1.13. The van der Waals surface area contributed by atoms with Crippen LogP contribution in [0.5, 0.6) is 0 Å². The van der Waals surface area contributed by atoms with E-state index in [1.807, 2.05) is 18.2 Å². The molecule has 108 valence electrons. The van der Waals surface area contributed by atoms with Crippen molar-refractivity contribution in [1.82, 2.24) is 10.2 Å². The fourth-order valence-corrected chi connectivity index (χ4v) is 2.59. The molecule has 6 nitrogen and oxygen atoms in total. The van der Waals surface area contributed by atoms with E-state index in [2.05, 4.69) is 44.2 Å². The molecule has 21 heavy (non-hydrogen) atoms. The van der Waals surface area contributed by atoms with Crippen molar-refractivity contribution in [3.63, 3.8) is 0 Å². The summed E-state index contributed by atoms with van der Waals surface area (Å²) in [7, 11) is 1.31. The normalized spacial score (nSPS) is 16.5. The predicted molar refractivity (Wildman–Crippen MR) is 79.8 cm³/mol. The van der Waals surface area contributed by atoms with Crippen molar-refractivity contribution in [3.8, 4) is 0 Å². The maximum Gasteiger partial charge on any atom is 0.412 e. The molecule has 2 aromatic rings. The highest BCUT2D eigenvalue weighted by Crippen LogP contribution is 2.36. The number of para-hydroxylation sites is 1. The number of nitrogens with zero attached hydrogens (tertiary/aromatic N) is 3. The maximum absolute atomic E-state index is 11.1. The van der Waals surface area contributed by atoms with Crippen molar-refractivity contribution >= 4 is 23.4 Å². The molecule has 1 amide bonds. The molecule has 0 bridgehead atoms. The number of carbonyl (C=O) groups is 1. The van der Waals surface area contributed by atoms with E-state index in [1.165, 1.54) is 12.7 Å². The Morgan fingerprint density at radius 2 is 2.10 bits per heavy atom. The molecule has 6 heteroatoms. The summed E-state index contributed by atoms with van der Waals surface area (Å²) in [4.78, 5) is 13.3. The lowest BCUT2D eigenvalue weighted by molar-refractivity contribution is 0.187. The highest BCUT2D eigenvalue weighted by molar-refractivity contribution is 5.83. The average Bonchev–Trinajstić information content (AvgIpc) is 2.84. The second-order valence-electron chi connectivity index (χ2n) is 4.95. The first-order valence-electron chi connectivity index (χ1n) is 6.75. The van der Waals surface area contributed by atoms with Gasteiger partial charge in [0.05, 0.1) is 7.11 Å². The Kier molecular flexibility index (Phi) is 3.43. The lowest BCUT2D eigenvalue weighted by Crippen LogP contribution is -2.25. The minimum atomic E-state index is -0.558. The number of ether oxygens (including phenoxy) is 1. The Labute approximate surface area is 122 Å². The van der Waals surface area contributed by atoms with Crippen LogP contribution in [0.25, 0.3) is 0 Å². The van der Waals surface area contributed by atoms with Gasteiger partial charge in [-0.15, -0.1) is 10.2 Å². The number of aromatic nitrogens is 2. The molecule has 0 saturated heterocycles. The van der Waals surface area contributed by atoms with E-state index in [1.54, 1.807) is 6.07 Å². The van der Waals surface area contributed by atoms with Gasteiger partial charge in [-0.25, -0.2) is 4.79 Å². The van der Waals surface area contributed by atoms with Gasteiger partial charge in [-0.1, -0.05) is 18.2 Å². The fraction of sp³-hybridized carbons (Fsp3) is 0.267. The Morgan fingerprint density at radius 3 is 2.81 bits per heavy atom. The van der Waals surface area contributed by atoms with Gasteiger partial charge >= 0.3 is 6.09 Å². The standard InChI is InChI=1S/C15H16N4O2/c1-10-9-11-5-3-4-6-12(11)19(10)14-8-7-13(17-18-14)16-15(20)21-2/h3-8,10H,9H2,1-2H3,(H,16,17,20).